The van der Waals surface area contributed by atoms with Crippen LogP contribution in [0.2, 0.25) is 0 Å². The predicted molar refractivity (Wildman–Crippen MR) is 107 cm³/mol. The Balaban J connectivity index is 1.87. The minimum atomic E-state index is -0.659. The average Bonchev–Trinajstić information content (AvgIpc) is 2.70. The van der Waals surface area contributed by atoms with E-state index in [0.717, 1.165) is 11.3 Å². The summed E-state index contributed by atoms with van der Waals surface area (Å²) < 4.78 is 16.8. The first-order valence-corrected chi connectivity index (χ1v) is 9.40. The molecule has 28 heavy (non-hydrogen) atoms. The summed E-state index contributed by atoms with van der Waals surface area (Å²) in [6, 6.07) is 14.6. The molecule has 1 atom stereocenters. The first-order chi connectivity index (χ1) is 13.6. The van der Waals surface area contributed by atoms with Crippen LogP contribution in [0.4, 0.5) is 0 Å². The Labute approximate surface area is 166 Å². The van der Waals surface area contributed by atoms with Gasteiger partial charge in [-0.15, -0.1) is 0 Å². The third-order valence-corrected chi connectivity index (χ3v) is 3.97. The maximum Gasteiger partial charge on any atom is 0.260 e. The fraction of sp³-hybridized carbons (Fsp3) is 0.364. The molecule has 0 heterocycles. The number of carbonyl (C=O) groups is 1. The number of hydrogen-bond donors (Lipinski definition) is 1. The molecule has 2 aromatic carbocycles. The highest BCUT2D eigenvalue weighted by atomic mass is 16.5. The molecule has 1 unspecified atom stereocenters. The average molecular weight is 382 g/mol. The van der Waals surface area contributed by atoms with Crippen molar-refractivity contribution in [1.82, 2.24) is 5.32 Å². The van der Waals surface area contributed by atoms with Gasteiger partial charge in [-0.3, -0.25) is 4.79 Å². The van der Waals surface area contributed by atoms with Gasteiger partial charge in [-0.2, -0.15) is 5.26 Å². The molecule has 148 valence electrons. The van der Waals surface area contributed by atoms with Crippen molar-refractivity contribution in [2.24, 2.45) is 0 Å². The Morgan fingerprint density at radius 3 is 2.57 bits per heavy atom. The van der Waals surface area contributed by atoms with E-state index in [4.69, 9.17) is 19.5 Å². The van der Waals surface area contributed by atoms with Gasteiger partial charge in [-0.05, 0) is 63.1 Å². The third kappa shape index (κ3) is 6.20. The van der Waals surface area contributed by atoms with Crippen LogP contribution >= 0.6 is 0 Å². The van der Waals surface area contributed by atoms with Gasteiger partial charge >= 0.3 is 0 Å². The van der Waals surface area contributed by atoms with Crippen LogP contribution in [0.15, 0.2) is 42.5 Å². The highest BCUT2D eigenvalue weighted by Crippen LogP contribution is 2.28. The van der Waals surface area contributed by atoms with E-state index in [1.807, 2.05) is 38.1 Å². The summed E-state index contributed by atoms with van der Waals surface area (Å²) in [6.45, 7) is 7.14. The SMILES string of the molecule is CCOc1ccc(CCNC(=O)C(C)Oc2cccc(C#N)c2)cc1OCC. The second-order valence-electron chi connectivity index (χ2n) is 6.09. The van der Waals surface area contributed by atoms with Crippen LogP contribution in [-0.2, 0) is 11.2 Å². The van der Waals surface area contributed by atoms with E-state index in [-0.39, 0.29) is 5.91 Å². The fourth-order valence-electron chi connectivity index (χ4n) is 2.62. The zero-order chi connectivity index (χ0) is 20.4. The van der Waals surface area contributed by atoms with Crippen molar-refractivity contribution in [3.63, 3.8) is 0 Å². The number of nitriles is 1. The van der Waals surface area contributed by atoms with Crippen LogP contribution in [0.1, 0.15) is 31.9 Å². The molecule has 0 aliphatic heterocycles. The molecule has 6 nitrogen and oxygen atoms in total. The first-order valence-electron chi connectivity index (χ1n) is 9.40. The molecule has 0 radical (unpaired) electrons. The lowest BCUT2D eigenvalue weighted by atomic mass is 10.1. The zero-order valence-electron chi connectivity index (χ0n) is 16.5. The molecule has 1 N–H and O–H groups in total. The molecular formula is C22H26N2O4. The van der Waals surface area contributed by atoms with Crippen LogP contribution in [0, 0.1) is 11.3 Å². The van der Waals surface area contributed by atoms with Crippen LogP contribution in [0.5, 0.6) is 17.2 Å². The van der Waals surface area contributed by atoms with Gasteiger partial charge in [0.15, 0.2) is 17.6 Å². The fourth-order valence-corrected chi connectivity index (χ4v) is 2.62. The van der Waals surface area contributed by atoms with Crippen LogP contribution in [-0.4, -0.2) is 31.8 Å². The maximum absolute atomic E-state index is 12.3. The van der Waals surface area contributed by atoms with Crippen molar-refractivity contribution in [2.45, 2.75) is 33.3 Å². The van der Waals surface area contributed by atoms with Crippen molar-refractivity contribution < 1.29 is 19.0 Å². The van der Waals surface area contributed by atoms with Gasteiger partial charge < -0.3 is 19.5 Å². The molecule has 0 saturated heterocycles. The minimum Gasteiger partial charge on any atom is -0.490 e. The number of nitrogens with zero attached hydrogens (tertiary/aromatic N) is 1. The number of hydrogen-bond acceptors (Lipinski definition) is 5. The normalized spacial score (nSPS) is 11.2. The monoisotopic (exact) mass is 382 g/mol. The summed E-state index contributed by atoms with van der Waals surface area (Å²) in [6.07, 6.45) is 0.00254. The van der Waals surface area contributed by atoms with Gasteiger partial charge in [0.1, 0.15) is 5.75 Å². The lowest BCUT2D eigenvalue weighted by molar-refractivity contribution is -0.127. The molecule has 2 aromatic rings. The summed E-state index contributed by atoms with van der Waals surface area (Å²) in [7, 11) is 0. The molecule has 2 rings (SSSR count). The molecule has 0 aromatic heterocycles. The summed E-state index contributed by atoms with van der Waals surface area (Å²) in [5, 5.41) is 11.8. The smallest absolute Gasteiger partial charge is 0.260 e. The summed E-state index contributed by atoms with van der Waals surface area (Å²) in [5.74, 6) is 1.72. The molecule has 0 aliphatic rings. The molecule has 0 aliphatic carbocycles. The van der Waals surface area contributed by atoms with Gasteiger partial charge in [0.25, 0.3) is 5.91 Å². The van der Waals surface area contributed by atoms with Crippen molar-refractivity contribution in [1.29, 1.82) is 5.26 Å². The Morgan fingerprint density at radius 1 is 1.11 bits per heavy atom. The topological polar surface area (TPSA) is 80.6 Å². The van der Waals surface area contributed by atoms with E-state index in [1.165, 1.54) is 0 Å². The zero-order valence-corrected chi connectivity index (χ0v) is 16.5. The molecular weight excluding hydrogens is 356 g/mol. The molecule has 0 spiro atoms. The van der Waals surface area contributed by atoms with E-state index in [1.54, 1.807) is 31.2 Å². The van der Waals surface area contributed by atoms with Crippen LogP contribution in [0.25, 0.3) is 0 Å². The van der Waals surface area contributed by atoms with Gasteiger partial charge in [0.05, 0.1) is 24.8 Å². The number of carbonyl (C=O) groups excluding carboxylic acids is 1. The summed E-state index contributed by atoms with van der Waals surface area (Å²) >= 11 is 0. The van der Waals surface area contributed by atoms with Gasteiger partial charge in [-0.25, -0.2) is 0 Å². The highest BCUT2D eigenvalue weighted by molar-refractivity contribution is 5.80. The van der Waals surface area contributed by atoms with Gasteiger partial charge in [0.2, 0.25) is 0 Å². The maximum atomic E-state index is 12.3. The minimum absolute atomic E-state index is 0.210. The Hall–Kier alpha value is -3.20. The van der Waals surface area contributed by atoms with Crippen LogP contribution < -0.4 is 19.5 Å². The van der Waals surface area contributed by atoms with Gasteiger partial charge in [-0.1, -0.05) is 12.1 Å². The summed E-state index contributed by atoms with van der Waals surface area (Å²) in [4.78, 5) is 12.3. The molecule has 0 fully saturated rings. The van der Waals surface area contributed by atoms with Crippen molar-refractivity contribution >= 4 is 5.91 Å². The standard InChI is InChI=1S/C22H26N2O4/c1-4-26-20-10-9-17(14-21(20)27-5-2)11-12-24-22(25)16(3)28-19-8-6-7-18(13-19)15-23/h6-10,13-14,16H,4-5,11-12H2,1-3H3,(H,24,25). The number of nitrogens with one attached hydrogen (secondary N) is 1. The van der Waals surface area contributed by atoms with E-state index in [0.29, 0.717) is 43.2 Å². The Morgan fingerprint density at radius 2 is 1.86 bits per heavy atom. The lowest BCUT2D eigenvalue weighted by Gasteiger charge is -2.15. The van der Waals surface area contributed by atoms with E-state index < -0.39 is 6.10 Å². The van der Waals surface area contributed by atoms with E-state index in [2.05, 4.69) is 5.32 Å². The quantitative estimate of drug-likeness (QED) is 0.680. The number of ether oxygens (including phenoxy) is 3. The predicted octanol–water partition coefficient (Wildman–Crippen LogP) is 3.48. The van der Waals surface area contributed by atoms with E-state index >= 15 is 0 Å². The first kappa shape index (κ1) is 21.1. The number of rotatable bonds is 10. The Bertz CT molecular complexity index is 830. The van der Waals surface area contributed by atoms with Crippen molar-refractivity contribution in [3.8, 4) is 23.3 Å². The third-order valence-electron chi connectivity index (χ3n) is 3.97. The summed E-state index contributed by atoms with van der Waals surface area (Å²) in [5.41, 5.74) is 1.54. The van der Waals surface area contributed by atoms with Gasteiger partial charge in [0, 0.05) is 6.54 Å². The number of amides is 1. The lowest BCUT2D eigenvalue weighted by Crippen LogP contribution is -2.37. The van der Waals surface area contributed by atoms with Crippen molar-refractivity contribution in [3.05, 3.63) is 53.6 Å². The Kier molecular flexibility index (Phi) is 8.16. The second kappa shape index (κ2) is 10.8. The van der Waals surface area contributed by atoms with Crippen molar-refractivity contribution in [2.75, 3.05) is 19.8 Å². The highest BCUT2D eigenvalue weighted by Gasteiger charge is 2.14. The largest absolute Gasteiger partial charge is 0.490 e. The second-order valence-corrected chi connectivity index (χ2v) is 6.09. The molecule has 0 saturated carbocycles. The molecule has 1 amide bonds. The van der Waals surface area contributed by atoms with E-state index in [9.17, 15) is 4.79 Å². The van der Waals surface area contributed by atoms with Crippen LogP contribution in [0.3, 0.4) is 0 Å². The number of benzene rings is 2. The molecule has 6 heteroatoms. The molecule has 0 bridgehead atoms.